The van der Waals surface area contributed by atoms with Gasteiger partial charge in [0.2, 0.25) is 11.8 Å². The van der Waals surface area contributed by atoms with Crippen LogP contribution in [0.3, 0.4) is 0 Å². The SMILES string of the molecule is CCC(=O)N1CC(C(=O)OC)CC(=O)N1. The molecule has 0 aromatic carbocycles. The van der Waals surface area contributed by atoms with Crippen LogP contribution in [0, 0.1) is 5.92 Å². The average Bonchev–Trinajstić information content (AvgIpc) is 2.26. The summed E-state index contributed by atoms with van der Waals surface area (Å²) in [4.78, 5) is 33.8. The molecule has 15 heavy (non-hydrogen) atoms. The highest BCUT2D eigenvalue weighted by atomic mass is 16.5. The van der Waals surface area contributed by atoms with E-state index in [2.05, 4.69) is 10.2 Å². The summed E-state index contributed by atoms with van der Waals surface area (Å²) in [5.41, 5.74) is 2.41. The van der Waals surface area contributed by atoms with E-state index in [1.54, 1.807) is 6.92 Å². The number of hydrogen-bond donors (Lipinski definition) is 1. The first-order valence-electron chi connectivity index (χ1n) is 4.76. The zero-order valence-electron chi connectivity index (χ0n) is 8.78. The molecule has 0 aromatic heterocycles. The van der Waals surface area contributed by atoms with Gasteiger partial charge in [-0.2, -0.15) is 0 Å². The van der Waals surface area contributed by atoms with Crippen LogP contribution in [0.4, 0.5) is 0 Å². The van der Waals surface area contributed by atoms with E-state index in [1.807, 2.05) is 0 Å². The number of carbonyl (C=O) groups excluding carboxylic acids is 3. The molecule has 0 bridgehead atoms. The third-order valence-corrected chi connectivity index (χ3v) is 2.23. The van der Waals surface area contributed by atoms with Gasteiger partial charge in [0.05, 0.1) is 19.6 Å². The number of amides is 2. The van der Waals surface area contributed by atoms with Crippen LogP contribution < -0.4 is 5.43 Å². The van der Waals surface area contributed by atoms with Crippen LogP contribution in [-0.2, 0) is 19.1 Å². The summed E-state index contributed by atoms with van der Waals surface area (Å²) < 4.78 is 4.54. The molecule has 0 spiro atoms. The summed E-state index contributed by atoms with van der Waals surface area (Å²) in [6.07, 6.45) is 0.355. The lowest BCUT2D eigenvalue weighted by atomic mass is 10.0. The number of nitrogens with one attached hydrogen (secondary N) is 1. The molecule has 1 rings (SSSR count). The van der Waals surface area contributed by atoms with Gasteiger partial charge < -0.3 is 4.74 Å². The van der Waals surface area contributed by atoms with E-state index in [0.29, 0.717) is 0 Å². The highest BCUT2D eigenvalue weighted by Gasteiger charge is 2.32. The number of esters is 1. The average molecular weight is 214 g/mol. The van der Waals surface area contributed by atoms with Crippen LogP contribution in [0.5, 0.6) is 0 Å². The fourth-order valence-electron chi connectivity index (χ4n) is 1.43. The molecular weight excluding hydrogens is 200 g/mol. The second-order valence-corrected chi connectivity index (χ2v) is 3.32. The Bertz CT molecular complexity index is 264. The Morgan fingerprint density at radius 1 is 1.60 bits per heavy atom. The number of ether oxygens (including phenoxy) is 1. The highest BCUT2D eigenvalue weighted by Crippen LogP contribution is 2.13. The van der Waals surface area contributed by atoms with E-state index in [1.165, 1.54) is 12.1 Å². The normalized spacial score (nSPS) is 20.8. The molecule has 6 heteroatoms. The molecule has 1 aliphatic heterocycles. The second kappa shape index (κ2) is 4.77. The van der Waals surface area contributed by atoms with Gasteiger partial charge in [-0.25, -0.2) is 0 Å². The lowest BCUT2D eigenvalue weighted by Crippen LogP contribution is -2.54. The molecule has 1 aliphatic rings. The molecular formula is C9H14N2O4. The molecule has 6 nitrogen and oxygen atoms in total. The van der Waals surface area contributed by atoms with E-state index in [9.17, 15) is 14.4 Å². The zero-order valence-corrected chi connectivity index (χ0v) is 8.78. The lowest BCUT2D eigenvalue weighted by molar-refractivity contribution is -0.156. The number of hydrogen-bond acceptors (Lipinski definition) is 4. The van der Waals surface area contributed by atoms with Gasteiger partial charge in [-0.3, -0.25) is 24.8 Å². The van der Waals surface area contributed by atoms with Crippen molar-refractivity contribution in [3.8, 4) is 0 Å². The highest BCUT2D eigenvalue weighted by molar-refractivity contribution is 5.87. The molecule has 1 saturated heterocycles. The summed E-state index contributed by atoms with van der Waals surface area (Å²) >= 11 is 0. The Kier molecular flexibility index (Phi) is 3.65. The molecule has 1 unspecified atom stereocenters. The first-order valence-corrected chi connectivity index (χ1v) is 4.76. The van der Waals surface area contributed by atoms with Gasteiger partial charge in [0.25, 0.3) is 0 Å². The third-order valence-electron chi connectivity index (χ3n) is 2.23. The van der Waals surface area contributed by atoms with E-state index in [4.69, 9.17) is 0 Å². The minimum Gasteiger partial charge on any atom is -0.469 e. The predicted octanol–water partition coefficient (Wildman–Crippen LogP) is -0.551. The van der Waals surface area contributed by atoms with Crippen molar-refractivity contribution in [3.63, 3.8) is 0 Å². The van der Waals surface area contributed by atoms with Crippen LogP contribution in [0.15, 0.2) is 0 Å². The van der Waals surface area contributed by atoms with E-state index in [0.717, 1.165) is 0 Å². The number of hydrazine groups is 1. The molecule has 1 N–H and O–H groups in total. The van der Waals surface area contributed by atoms with Gasteiger partial charge >= 0.3 is 5.97 Å². The zero-order chi connectivity index (χ0) is 11.4. The molecule has 1 atom stereocenters. The first-order chi connectivity index (χ1) is 7.08. The maximum atomic E-state index is 11.3. The molecule has 0 aliphatic carbocycles. The lowest BCUT2D eigenvalue weighted by Gasteiger charge is -2.31. The number of methoxy groups -OCH3 is 1. The maximum absolute atomic E-state index is 11.3. The van der Waals surface area contributed by atoms with Gasteiger partial charge in [0, 0.05) is 12.8 Å². The Morgan fingerprint density at radius 2 is 2.27 bits per heavy atom. The quantitative estimate of drug-likeness (QED) is 0.626. The smallest absolute Gasteiger partial charge is 0.311 e. The summed E-state index contributed by atoms with van der Waals surface area (Å²) in [6, 6.07) is 0. The number of carbonyl (C=O) groups is 3. The van der Waals surface area contributed by atoms with Crippen molar-refractivity contribution in [1.82, 2.24) is 10.4 Å². The Morgan fingerprint density at radius 3 is 2.80 bits per heavy atom. The van der Waals surface area contributed by atoms with Crippen LogP contribution in [0.2, 0.25) is 0 Å². The van der Waals surface area contributed by atoms with Crippen molar-refractivity contribution in [1.29, 1.82) is 0 Å². The minimum absolute atomic E-state index is 0.0696. The van der Waals surface area contributed by atoms with E-state index >= 15 is 0 Å². The van der Waals surface area contributed by atoms with E-state index in [-0.39, 0.29) is 31.2 Å². The fraction of sp³-hybridized carbons (Fsp3) is 0.667. The molecule has 0 radical (unpaired) electrons. The van der Waals surface area contributed by atoms with Crippen molar-refractivity contribution in [2.75, 3.05) is 13.7 Å². The van der Waals surface area contributed by atoms with Crippen molar-refractivity contribution in [2.45, 2.75) is 19.8 Å². The molecule has 1 fully saturated rings. The largest absolute Gasteiger partial charge is 0.469 e. The van der Waals surface area contributed by atoms with Crippen molar-refractivity contribution < 1.29 is 19.1 Å². The molecule has 2 amide bonds. The van der Waals surface area contributed by atoms with Crippen molar-refractivity contribution in [2.24, 2.45) is 5.92 Å². The van der Waals surface area contributed by atoms with Gasteiger partial charge in [0.15, 0.2) is 0 Å². The summed E-state index contributed by atoms with van der Waals surface area (Å²) in [5, 5.41) is 1.17. The second-order valence-electron chi connectivity index (χ2n) is 3.32. The first kappa shape index (κ1) is 11.5. The van der Waals surface area contributed by atoms with Gasteiger partial charge in [-0.05, 0) is 0 Å². The standard InChI is InChI=1S/C9H14N2O4/c1-3-8(13)11-5-6(9(14)15-2)4-7(12)10-11/h6H,3-5H2,1-2H3,(H,10,12). The fourth-order valence-corrected chi connectivity index (χ4v) is 1.43. The molecule has 0 aromatic rings. The summed E-state index contributed by atoms with van der Waals surface area (Å²) in [5.74, 6) is -1.56. The summed E-state index contributed by atoms with van der Waals surface area (Å²) in [6.45, 7) is 1.88. The van der Waals surface area contributed by atoms with Gasteiger partial charge in [-0.15, -0.1) is 0 Å². The van der Waals surface area contributed by atoms with Crippen molar-refractivity contribution >= 4 is 17.8 Å². The number of rotatable bonds is 2. The van der Waals surface area contributed by atoms with Gasteiger partial charge in [-0.1, -0.05) is 6.92 Å². The molecule has 84 valence electrons. The van der Waals surface area contributed by atoms with Crippen LogP contribution in [0.1, 0.15) is 19.8 Å². The predicted molar refractivity (Wildman–Crippen MR) is 50.3 cm³/mol. The van der Waals surface area contributed by atoms with Crippen LogP contribution >= 0.6 is 0 Å². The van der Waals surface area contributed by atoms with Crippen LogP contribution in [0.25, 0.3) is 0 Å². The Hall–Kier alpha value is -1.59. The summed E-state index contributed by atoms with van der Waals surface area (Å²) in [7, 11) is 1.26. The maximum Gasteiger partial charge on any atom is 0.311 e. The van der Waals surface area contributed by atoms with Crippen LogP contribution in [-0.4, -0.2) is 36.4 Å². The Labute approximate surface area is 87.5 Å². The topological polar surface area (TPSA) is 75.7 Å². The monoisotopic (exact) mass is 214 g/mol. The minimum atomic E-state index is -0.556. The molecule has 1 heterocycles. The van der Waals surface area contributed by atoms with Gasteiger partial charge in [0.1, 0.15) is 0 Å². The Balaban J connectivity index is 2.67. The number of nitrogens with zero attached hydrogens (tertiary/aromatic N) is 1. The van der Waals surface area contributed by atoms with Crippen molar-refractivity contribution in [3.05, 3.63) is 0 Å². The third kappa shape index (κ3) is 2.68. The molecule has 0 saturated carbocycles. The van der Waals surface area contributed by atoms with E-state index < -0.39 is 11.9 Å².